The van der Waals surface area contributed by atoms with Crippen LogP contribution in [-0.4, -0.2) is 80.2 Å². The second kappa shape index (κ2) is 18.3. The summed E-state index contributed by atoms with van der Waals surface area (Å²) < 4.78 is 14.5. The number of nitrogens with zero attached hydrogens (tertiary/aromatic N) is 1. The Balaban J connectivity index is 1.00. The zero-order valence-electron chi connectivity index (χ0n) is 45.8. The van der Waals surface area contributed by atoms with Crippen molar-refractivity contribution in [2.45, 2.75) is 226 Å². The van der Waals surface area contributed by atoms with Crippen LogP contribution in [0.3, 0.4) is 0 Å². The number of carbonyl (C=O) groups excluding carboxylic acids is 2. The Morgan fingerprint density at radius 3 is 2.23 bits per heavy atom. The topological polar surface area (TPSA) is 137 Å². The highest BCUT2D eigenvalue weighted by atomic mass is 16.6. The van der Waals surface area contributed by atoms with Crippen LogP contribution >= 0.6 is 0 Å². The number of hydrogen-bond donors (Lipinski definition) is 4. The molecule has 0 unspecified atom stereocenters. The Bertz CT molecular complexity index is 2620. The van der Waals surface area contributed by atoms with E-state index in [9.17, 15) is 15.3 Å². The molecule has 1 aromatic carbocycles. The van der Waals surface area contributed by atoms with E-state index in [-0.39, 0.29) is 47.6 Å². The molecule has 5 saturated carbocycles. The fraction of sp³-hybridized carbons (Fsp3) is 0.750. The first-order valence-electron chi connectivity index (χ1n) is 29.7. The number of allylic oxidation sites excluding steroid dienone is 1. The van der Waals surface area contributed by atoms with Crippen molar-refractivity contribution in [3.63, 3.8) is 0 Å². The number of hydrogen-bond acceptors (Lipinski definition) is 7. The predicted molar refractivity (Wildman–Crippen MR) is 286 cm³/mol. The average molecular weight is 999 g/mol. The number of aliphatic hydroxyl groups is 3. The molecule has 12 rings (SSSR count). The summed E-state index contributed by atoms with van der Waals surface area (Å²) in [4.78, 5) is 34.7. The van der Waals surface area contributed by atoms with Crippen molar-refractivity contribution >= 4 is 22.6 Å². The smallest absolute Gasteiger partial charge is 0.160 e. The lowest BCUT2D eigenvalue weighted by atomic mass is 9.33. The standard InChI is InChI=1S/C64H90N2O7/c1-59(2)58(73-59)49(69)33-60(3)23-19-42-35-65-53-45(30-38-28-43(39-14-9-8-10-15-39)31-44(29-38)40-21-26-72-27-22-40)36-66(54(42)53)37-47-51-52(60)48(68)34-63(51,6)62(5)24-20-50-61(4,56(62)55(47)70)32-41(16-13-25-67)57(71)64(50,7)46-17-11-12-18-46/h28-29,31,35-36,39-41,46-47,49-50,55-56,58,65,67,69-70H,8-27,30,32-34,37H2,1-7H3/t41-,47-,49-,50-,55-,56-,58-,60+,61-,62+,63+,64+/m1/s1. The molecule has 9 aliphatic rings. The maximum Gasteiger partial charge on any atom is 0.160 e. The maximum atomic E-state index is 15.6. The average Bonchev–Trinajstić information content (AvgIpc) is 3.92. The summed E-state index contributed by atoms with van der Waals surface area (Å²) in [5.74, 6) is 1.50. The van der Waals surface area contributed by atoms with Crippen LogP contribution in [0.5, 0.6) is 0 Å². The van der Waals surface area contributed by atoms with Gasteiger partial charge in [0, 0.05) is 79.8 Å². The van der Waals surface area contributed by atoms with Gasteiger partial charge in [-0.3, -0.25) is 9.59 Å². The number of ketones is 2. The number of fused-ring (bicyclic) bond motifs is 4. The van der Waals surface area contributed by atoms with Crippen molar-refractivity contribution < 1.29 is 34.4 Å². The van der Waals surface area contributed by atoms with Gasteiger partial charge in [0.15, 0.2) is 5.78 Å². The van der Waals surface area contributed by atoms with Crippen LogP contribution in [0.15, 0.2) is 41.7 Å². The summed E-state index contributed by atoms with van der Waals surface area (Å²) in [6, 6.07) is 7.59. The van der Waals surface area contributed by atoms with E-state index in [2.05, 4.69) is 74.8 Å². The van der Waals surface area contributed by atoms with E-state index in [1.807, 2.05) is 13.8 Å². The van der Waals surface area contributed by atoms with Crippen molar-refractivity contribution in [1.82, 2.24) is 9.55 Å². The fourth-order valence-electron chi connectivity index (χ4n) is 19.8. The molecule has 398 valence electrons. The fourth-order valence-corrected chi connectivity index (χ4v) is 19.8. The molecule has 7 fully saturated rings. The molecule has 2 saturated heterocycles. The van der Waals surface area contributed by atoms with Crippen LogP contribution in [0.4, 0.5) is 0 Å². The van der Waals surface area contributed by atoms with E-state index >= 15 is 9.59 Å². The molecular formula is C64H90N2O7. The van der Waals surface area contributed by atoms with Crippen LogP contribution < -0.4 is 0 Å². The summed E-state index contributed by atoms with van der Waals surface area (Å²) in [6.07, 6.45) is 22.8. The Hall–Kier alpha value is -3.08. The maximum absolute atomic E-state index is 15.6. The molecule has 0 amide bonds. The number of epoxide rings is 1. The van der Waals surface area contributed by atoms with Gasteiger partial charge in [0.05, 0.1) is 28.8 Å². The number of benzene rings is 1. The largest absolute Gasteiger partial charge is 0.396 e. The van der Waals surface area contributed by atoms with E-state index in [0.29, 0.717) is 62.2 Å². The van der Waals surface area contributed by atoms with Crippen molar-refractivity contribution in [2.75, 3.05) is 19.8 Å². The number of aromatic nitrogens is 2. The zero-order chi connectivity index (χ0) is 51.0. The van der Waals surface area contributed by atoms with Gasteiger partial charge < -0.3 is 34.3 Å². The highest BCUT2D eigenvalue weighted by Gasteiger charge is 2.74. The molecular weight excluding hydrogens is 909 g/mol. The van der Waals surface area contributed by atoms with Crippen LogP contribution in [-0.2, 0) is 38.4 Å². The molecule has 6 aliphatic carbocycles. The minimum atomic E-state index is -0.766. The van der Waals surface area contributed by atoms with E-state index in [4.69, 9.17) is 9.47 Å². The van der Waals surface area contributed by atoms with Crippen LogP contribution in [0.2, 0.25) is 0 Å². The van der Waals surface area contributed by atoms with Crippen LogP contribution in [0.1, 0.15) is 210 Å². The third kappa shape index (κ3) is 7.88. The predicted octanol–water partition coefficient (Wildman–Crippen LogP) is 12.2. The highest BCUT2D eigenvalue weighted by molar-refractivity contribution is 6.02. The lowest BCUT2D eigenvalue weighted by Gasteiger charge is -2.71. The number of Topliss-reactive ketones (excluding diaryl/α,β-unsaturated/α-hetero) is 2. The van der Waals surface area contributed by atoms with E-state index in [0.717, 1.165) is 95.0 Å². The van der Waals surface area contributed by atoms with Gasteiger partial charge in [-0.15, -0.1) is 0 Å². The van der Waals surface area contributed by atoms with Crippen molar-refractivity contribution in [3.8, 4) is 0 Å². The van der Waals surface area contributed by atoms with E-state index in [1.54, 1.807) is 0 Å². The molecule has 9 nitrogen and oxygen atoms in total. The Labute approximate surface area is 436 Å². The molecule has 2 aromatic heterocycles. The molecule has 3 aliphatic heterocycles. The van der Waals surface area contributed by atoms with Crippen molar-refractivity contribution in [1.29, 1.82) is 0 Å². The minimum Gasteiger partial charge on any atom is -0.396 e. The minimum absolute atomic E-state index is 0.0718. The molecule has 3 aromatic rings. The van der Waals surface area contributed by atoms with Crippen molar-refractivity contribution in [2.24, 2.45) is 56.7 Å². The second-order valence-electron chi connectivity index (χ2n) is 27.9. The molecule has 0 radical (unpaired) electrons. The summed E-state index contributed by atoms with van der Waals surface area (Å²) in [7, 11) is 0. The number of nitrogens with one attached hydrogen (secondary N) is 1. The van der Waals surface area contributed by atoms with E-state index in [1.165, 1.54) is 71.0 Å². The molecule has 73 heavy (non-hydrogen) atoms. The quantitative estimate of drug-likeness (QED) is 0.140. The summed E-state index contributed by atoms with van der Waals surface area (Å²) in [6.45, 7) is 18.3. The van der Waals surface area contributed by atoms with Gasteiger partial charge in [-0.1, -0.05) is 84.9 Å². The molecule has 0 spiro atoms. The summed E-state index contributed by atoms with van der Waals surface area (Å²) in [5, 5.41) is 36.5. The third-order valence-electron chi connectivity index (χ3n) is 23.5. The molecule has 12 atom stereocenters. The van der Waals surface area contributed by atoms with Gasteiger partial charge in [-0.2, -0.15) is 0 Å². The summed E-state index contributed by atoms with van der Waals surface area (Å²) in [5.41, 5.74) is 8.37. The van der Waals surface area contributed by atoms with Gasteiger partial charge in [-0.25, -0.2) is 0 Å². The monoisotopic (exact) mass is 999 g/mol. The number of aryl methyl sites for hydroxylation is 1. The second-order valence-corrected chi connectivity index (χ2v) is 27.9. The van der Waals surface area contributed by atoms with Crippen LogP contribution in [0, 0.1) is 56.7 Å². The first kappa shape index (κ1) is 50.7. The number of carbonyl (C=O) groups is 2. The first-order chi connectivity index (χ1) is 34.8. The van der Waals surface area contributed by atoms with Gasteiger partial charge in [0.2, 0.25) is 0 Å². The number of aromatic amines is 1. The number of rotatable bonds is 11. The molecule has 4 N–H and O–H groups in total. The normalized spacial score (nSPS) is 39.4. The Morgan fingerprint density at radius 1 is 0.863 bits per heavy atom. The van der Waals surface area contributed by atoms with Gasteiger partial charge in [-0.05, 0) is 183 Å². The first-order valence-corrected chi connectivity index (χ1v) is 29.7. The number of ether oxygens (including phenoxy) is 2. The van der Waals surface area contributed by atoms with Gasteiger partial charge >= 0.3 is 0 Å². The highest BCUT2D eigenvalue weighted by Crippen LogP contribution is 2.77. The lowest BCUT2D eigenvalue weighted by molar-refractivity contribution is -0.233. The Morgan fingerprint density at radius 2 is 1.55 bits per heavy atom. The van der Waals surface area contributed by atoms with Gasteiger partial charge in [0.25, 0.3) is 0 Å². The molecule has 0 bridgehead atoms. The third-order valence-corrected chi connectivity index (χ3v) is 23.5. The number of aliphatic hydroxyl groups excluding tert-OH is 3. The van der Waals surface area contributed by atoms with E-state index < -0.39 is 39.5 Å². The van der Waals surface area contributed by atoms with Gasteiger partial charge in [0.1, 0.15) is 11.9 Å². The van der Waals surface area contributed by atoms with Crippen LogP contribution in [0.25, 0.3) is 11.0 Å². The SMILES string of the molecule is CC1(C)O[C@@H]1[C@H](O)C[C@]1(C)CCc2c[nH]c3c(Cc4cc(C5CCCCC5)cc(C5CCOCC5)c4)cn(c23)C[C@@H]2C3=C1C(=O)C[C@]3(C)[C@@]1(C)CC[C@@H]3[C@@](C)(C[C@@H](CCCO)C(=O)[C@@]3(C)C3CCCC3)[C@H]1[C@@H]2O. The Kier molecular flexibility index (Phi) is 12.7. The molecule has 5 heterocycles. The lowest BCUT2D eigenvalue weighted by Crippen LogP contribution is -2.69. The number of H-pyrrole nitrogens is 1. The summed E-state index contributed by atoms with van der Waals surface area (Å²) >= 11 is 0. The van der Waals surface area contributed by atoms with Crippen molar-refractivity contribution in [3.05, 3.63) is 69.6 Å². The zero-order valence-corrected chi connectivity index (χ0v) is 45.8. The molecule has 9 heteroatoms.